The van der Waals surface area contributed by atoms with E-state index in [1.165, 1.54) is 5.22 Å². The van der Waals surface area contributed by atoms with Crippen molar-refractivity contribution in [1.29, 1.82) is 0 Å². The van der Waals surface area contributed by atoms with E-state index < -0.39 is 0 Å². The van der Waals surface area contributed by atoms with Crippen LogP contribution < -0.4 is 10.4 Å². The van der Waals surface area contributed by atoms with E-state index in [4.69, 9.17) is 11.6 Å². The number of allylic oxidation sites excluding steroid dienone is 1. The number of benzene rings is 1. The van der Waals surface area contributed by atoms with Crippen molar-refractivity contribution in [3.8, 4) is 0 Å². The fraction of sp³-hybridized carbons (Fsp3) is 0.100. The van der Waals surface area contributed by atoms with Crippen molar-refractivity contribution in [3.05, 3.63) is 39.7 Å². The molecule has 0 spiro atoms. The highest BCUT2D eigenvalue weighted by Gasteiger charge is 1.92. The monoisotopic (exact) mass is 162 g/mol. The molecule has 0 saturated carbocycles. The number of rotatable bonds is 0. The van der Waals surface area contributed by atoms with Gasteiger partial charge in [-0.15, -0.1) is 0 Å². The predicted molar refractivity (Wildman–Crippen MR) is 47.5 cm³/mol. The molecule has 0 saturated heterocycles. The van der Waals surface area contributed by atoms with Crippen molar-refractivity contribution >= 4 is 23.4 Å². The van der Waals surface area contributed by atoms with Crippen LogP contribution in [0, 0.1) is 0 Å². The van der Waals surface area contributed by atoms with E-state index >= 15 is 0 Å². The maximum absolute atomic E-state index is 5.82. The third-order valence-corrected chi connectivity index (χ3v) is 1.98. The number of fused-ring (bicyclic) bond motifs is 1. The molecule has 0 amide bonds. The van der Waals surface area contributed by atoms with Crippen molar-refractivity contribution in [2.24, 2.45) is 0 Å². The van der Waals surface area contributed by atoms with Crippen LogP contribution in [-0.4, -0.2) is 0 Å². The fourth-order valence-corrected chi connectivity index (χ4v) is 1.36. The van der Waals surface area contributed by atoms with Crippen LogP contribution in [0.25, 0.3) is 11.8 Å². The molecule has 54 valence electrons. The van der Waals surface area contributed by atoms with Crippen LogP contribution in [0.2, 0.25) is 0 Å². The summed E-state index contributed by atoms with van der Waals surface area (Å²) in [6.45, 7) is 0. The number of hydrogen-bond donors (Lipinski definition) is 0. The Morgan fingerprint density at radius 1 is 1.27 bits per heavy atom. The maximum atomic E-state index is 5.82. The van der Waals surface area contributed by atoms with Gasteiger partial charge in [0.05, 0.1) is 5.03 Å². The molecule has 11 heavy (non-hydrogen) atoms. The topological polar surface area (TPSA) is 0 Å². The Morgan fingerprint density at radius 3 is 3.00 bits per heavy atom. The fourth-order valence-electron chi connectivity index (χ4n) is 1.19. The van der Waals surface area contributed by atoms with E-state index in [2.05, 4.69) is 17.9 Å². The molecule has 0 N–H and O–H groups in total. The Hall–Kier alpha value is -0.970. The predicted octanol–water partition coefficient (Wildman–Crippen LogP) is 1.37. The Kier molecular flexibility index (Phi) is 1.58. The SMILES string of the molecule is ClC1=C=c2ccccc2=CC1. The van der Waals surface area contributed by atoms with Crippen LogP contribution in [0.15, 0.2) is 29.3 Å². The molecule has 0 nitrogen and oxygen atoms in total. The summed E-state index contributed by atoms with van der Waals surface area (Å²) in [5.74, 6) is 0. The molecular formula is C10H7Cl. The molecule has 0 fully saturated rings. The quantitative estimate of drug-likeness (QED) is 0.541. The summed E-state index contributed by atoms with van der Waals surface area (Å²) in [4.78, 5) is 0. The summed E-state index contributed by atoms with van der Waals surface area (Å²) in [7, 11) is 0. The number of hydrogen-bond acceptors (Lipinski definition) is 0. The Bertz CT molecular complexity index is 422. The highest BCUT2D eigenvalue weighted by atomic mass is 35.5. The molecule has 0 heterocycles. The molecule has 0 radical (unpaired) electrons. The third kappa shape index (κ3) is 1.23. The zero-order chi connectivity index (χ0) is 7.68. The Morgan fingerprint density at radius 2 is 2.09 bits per heavy atom. The lowest BCUT2D eigenvalue weighted by atomic mass is 10.1. The van der Waals surface area contributed by atoms with Gasteiger partial charge in [-0.2, -0.15) is 0 Å². The van der Waals surface area contributed by atoms with Gasteiger partial charge < -0.3 is 0 Å². The first-order valence-electron chi connectivity index (χ1n) is 3.57. The molecule has 1 aliphatic carbocycles. The van der Waals surface area contributed by atoms with Crippen LogP contribution in [0.5, 0.6) is 0 Å². The van der Waals surface area contributed by atoms with Crippen molar-refractivity contribution in [1.82, 2.24) is 0 Å². The van der Waals surface area contributed by atoms with Crippen molar-refractivity contribution in [2.75, 3.05) is 0 Å². The van der Waals surface area contributed by atoms with Gasteiger partial charge in [0.1, 0.15) is 0 Å². The summed E-state index contributed by atoms with van der Waals surface area (Å²) in [6, 6.07) is 8.12. The van der Waals surface area contributed by atoms with Crippen LogP contribution in [0.1, 0.15) is 6.42 Å². The first-order chi connectivity index (χ1) is 5.36. The smallest absolute Gasteiger partial charge is 0.0642 e. The number of halogens is 1. The second-order valence-electron chi connectivity index (χ2n) is 2.53. The second-order valence-corrected chi connectivity index (χ2v) is 2.98. The largest absolute Gasteiger partial charge is 0.0961 e. The van der Waals surface area contributed by atoms with Gasteiger partial charge in [0.2, 0.25) is 0 Å². The van der Waals surface area contributed by atoms with E-state index in [0.29, 0.717) is 0 Å². The van der Waals surface area contributed by atoms with Gasteiger partial charge in [-0.25, -0.2) is 0 Å². The van der Waals surface area contributed by atoms with Gasteiger partial charge in [-0.3, -0.25) is 0 Å². The average Bonchev–Trinajstić information content (AvgIpc) is 2.04. The Labute approximate surface area is 70.1 Å². The van der Waals surface area contributed by atoms with E-state index in [1.54, 1.807) is 0 Å². The molecule has 0 bridgehead atoms. The van der Waals surface area contributed by atoms with Crippen molar-refractivity contribution < 1.29 is 0 Å². The average molecular weight is 163 g/mol. The van der Waals surface area contributed by atoms with Crippen LogP contribution in [0.4, 0.5) is 0 Å². The van der Waals surface area contributed by atoms with E-state index in [0.717, 1.165) is 16.7 Å². The lowest BCUT2D eigenvalue weighted by molar-refractivity contribution is 1.38. The second kappa shape index (κ2) is 2.58. The summed E-state index contributed by atoms with van der Waals surface area (Å²) in [5.41, 5.74) is 3.11. The highest BCUT2D eigenvalue weighted by Crippen LogP contribution is 2.05. The lowest BCUT2D eigenvalue weighted by Crippen LogP contribution is -2.24. The minimum absolute atomic E-state index is 0.795. The van der Waals surface area contributed by atoms with Crippen LogP contribution in [0.3, 0.4) is 0 Å². The van der Waals surface area contributed by atoms with Gasteiger partial charge in [-0.05, 0) is 11.3 Å². The van der Waals surface area contributed by atoms with Gasteiger partial charge in [0.15, 0.2) is 0 Å². The Balaban J connectivity index is 2.96. The van der Waals surface area contributed by atoms with E-state index in [-0.39, 0.29) is 0 Å². The first-order valence-corrected chi connectivity index (χ1v) is 3.94. The zero-order valence-electron chi connectivity index (χ0n) is 5.97. The van der Waals surface area contributed by atoms with E-state index in [9.17, 15) is 0 Å². The van der Waals surface area contributed by atoms with Gasteiger partial charge in [-0.1, -0.05) is 41.6 Å². The molecule has 0 aromatic heterocycles. The summed E-state index contributed by atoms with van der Waals surface area (Å²) < 4.78 is 0. The van der Waals surface area contributed by atoms with Crippen molar-refractivity contribution in [3.63, 3.8) is 0 Å². The van der Waals surface area contributed by atoms with Crippen LogP contribution >= 0.6 is 11.6 Å². The standard InChI is InChI=1S/C10H7Cl/c11-10-6-5-8-3-1-2-4-9(8)7-10/h1-5H,6H2. The molecule has 0 unspecified atom stereocenters. The van der Waals surface area contributed by atoms with Crippen molar-refractivity contribution in [2.45, 2.75) is 6.42 Å². The molecule has 1 aliphatic rings. The molecule has 1 aromatic carbocycles. The molecular weight excluding hydrogens is 156 g/mol. The molecule has 1 heteroatoms. The molecule has 1 aromatic rings. The highest BCUT2D eigenvalue weighted by molar-refractivity contribution is 6.31. The molecule has 0 aliphatic heterocycles. The van der Waals surface area contributed by atoms with Gasteiger partial charge in [0.25, 0.3) is 0 Å². The zero-order valence-corrected chi connectivity index (χ0v) is 6.73. The lowest BCUT2D eigenvalue weighted by Gasteiger charge is -1.94. The minimum Gasteiger partial charge on any atom is -0.0961 e. The summed E-state index contributed by atoms with van der Waals surface area (Å²) >= 11 is 5.82. The first kappa shape index (κ1) is 6.72. The van der Waals surface area contributed by atoms with Gasteiger partial charge in [0, 0.05) is 11.6 Å². The van der Waals surface area contributed by atoms with Gasteiger partial charge >= 0.3 is 0 Å². The normalized spacial score (nSPS) is 14.1. The summed E-state index contributed by atoms with van der Waals surface area (Å²) in [5, 5.41) is 3.13. The third-order valence-electron chi connectivity index (χ3n) is 1.73. The minimum atomic E-state index is 0.795. The molecule has 0 atom stereocenters. The van der Waals surface area contributed by atoms with E-state index in [1.807, 2.05) is 18.2 Å². The maximum Gasteiger partial charge on any atom is 0.0642 e. The summed E-state index contributed by atoms with van der Waals surface area (Å²) in [6.07, 6.45) is 2.94. The van der Waals surface area contributed by atoms with Crippen LogP contribution in [-0.2, 0) is 0 Å². The molecule has 2 rings (SSSR count).